The molecule has 0 saturated carbocycles. The summed E-state index contributed by atoms with van der Waals surface area (Å²) in [5, 5.41) is 8.44. The fourth-order valence-corrected chi connectivity index (χ4v) is 3.12. The van der Waals surface area contributed by atoms with Crippen LogP contribution in [-0.4, -0.2) is 26.4 Å². The zero-order valence-corrected chi connectivity index (χ0v) is 13.0. The number of aromatic nitrogens is 3. The van der Waals surface area contributed by atoms with Gasteiger partial charge < -0.3 is 4.52 Å². The van der Waals surface area contributed by atoms with Gasteiger partial charge in [-0.3, -0.25) is 9.58 Å². The summed E-state index contributed by atoms with van der Waals surface area (Å²) < 4.78 is 7.53. The van der Waals surface area contributed by atoms with Gasteiger partial charge >= 0.3 is 0 Å². The van der Waals surface area contributed by atoms with Crippen molar-refractivity contribution in [2.75, 3.05) is 6.54 Å². The molecule has 1 atom stereocenters. The second-order valence-electron chi connectivity index (χ2n) is 5.91. The Balaban J connectivity index is 1.78. The quantitative estimate of drug-likeness (QED) is 0.866. The molecular formula is C16H24N4O. The van der Waals surface area contributed by atoms with Crippen molar-refractivity contribution >= 4 is 0 Å². The van der Waals surface area contributed by atoms with Gasteiger partial charge in [0, 0.05) is 30.9 Å². The van der Waals surface area contributed by atoms with Gasteiger partial charge in [-0.2, -0.15) is 5.10 Å². The van der Waals surface area contributed by atoms with Gasteiger partial charge in [0.05, 0.1) is 17.9 Å². The second-order valence-corrected chi connectivity index (χ2v) is 5.91. The average Bonchev–Trinajstić information content (AvgIpc) is 3.04. The van der Waals surface area contributed by atoms with Gasteiger partial charge in [-0.15, -0.1) is 0 Å². The predicted molar refractivity (Wildman–Crippen MR) is 80.8 cm³/mol. The molecular weight excluding hydrogens is 264 g/mol. The minimum absolute atomic E-state index is 0.346. The molecule has 1 unspecified atom stereocenters. The maximum atomic E-state index is 5.54. The Bertz CT molecular complexity index is 574. The summed E-state index contributed by atoms with van der Waals surface area (Å²) in [6, 6.07) is 2.43. The molecule has 5 nitrogen and oxygen atoms in total. The van der Waals surface area contributed by atoms with Crippen molar-refractivity contribution in [3.63, 3.8) is 0 Å². The molecule has 0 spiro atoms. The lowest BCUT2D eigenvalue weighted by Crippen LogP contribution is -2.27. The summed E-state index contributed by atoms with van der Waals surface area (Å²) in [6.45, 7) is 7.07. The van der Waals surface area contributed by atoms with E-state index in [0.717, 1.165) is 37.5 Å². The Hall–Kier alpha value is -1.62. The van der Waals surface area contributed by atoms with Crippen LogP contribution < -0.4 is 0 Å². The second kappa shape index (κ2) is 6.43. The Morgan fingerprint density at radius 3 is 2.95 bits per heavy atom. The Kier molecular flexibility index (Phi) is 4.39. The maximum absolute atomic E-state index is 5.54. The molecule has 0 bridgehead atoms. The molecule has 2 aromatic heterocycles. The first-order valence-electron chi connectivity index (χ1n) is 7.95. The van der Waals surface area contributed by atoms with Gasteiger partial charge in [0.1, 0.15) is 0 Å². The highest BCUT2D eigenvalue weighted by molar-refractivity contribution is 5.10. The van der Waals surface area contributed by atoms with Crippen LogP contribution >= 0.6 is 0 Å². The van der Waals surface area contributed by atoms with Crippen LogP contribution in [0.3, 0.4) is 0 Å². The molecule has 0 N–H and O–H groups in total. The van der Waals surface area contributed by atoms with E-state index in [1.807, 2.05) is 17.8 Å². The van der Waals surface area contributed by atoms with E-state index >= 15 is 0 Å². The van der Waals surface area contributed by atoms with Crippen molar-refractivity contribution in [1.82, 2.24) is 19.8 Å². The first-order chi connectivity index (χ1) is 10.3. The van der Waals surface area contributed by atoms with E-state index in [2.05, 4.69) is 34.3 Å². The van der Waals surface area contributed by atoms with Crippen LogP contribution in [0.25, 0.3) is 0 Å². The highest BCUT2D eigenvalue weighted by Crippen LogP contribution is 2.31. The van der Waals surface area contributed by atoms with Gasteiger partial charge in [-0.1, -0.05) is 18.0 Å². The molecule has 1 aliphatic heterocycles. The van der Waals surface area contributed by atoms with Crippen LogP contribution in [0, 0.1) is 6.92 Å². The molecule has 114 valence electrons. The van der Waals surface area contributed by atoms with Crippen molar-refractivity contribution in [2.24, 2.45) is 0 Å². The molecule has 0 amide bonds. The number of aryl methyl sites for hydroxylation is 2. The van der Waals surface area contributed by atoms with E-state index in [0.29, 0.717) is 6.04 Å². The lowest BCUT2D eigenvalue weighted by atomic mass is 10.1. The first kappa shape index (κ1) is 14.3. The number of hydrogen-bond acceptors (Lipinski definition) is 4. The third kappa shape index (κ3) is 3.35. The first-order valence-corrected chi connectivity index (χ1v) is 7.95. The molecule has 2 aromatic rings. The van der Waals surface area contributed by atoms with Crippen molar-refractivity contribution < 1.29 is 4.52 Å². The smallest absolute Gasteiger partial charge is 0.154 e. The largest absolute Gasteiger partial charge is 0.359 e. The topological polar surface area (TPSA) is 47.1 Å². The maximum Gasteiger partial charge on any atom is 0.154 e. The van der Waals surface area contributed by atoms with E-state index in [9.17, 15) is 0 Å². The van der Waals surface area contributed by atoms with Crippen LogP contribution in [0.1, 0.15) is 55.7 Å². The van der Waals surface area contributed by atoms with Crippen LogP contribution in [0.2, 0.25) is 0 Å². The summed E-state index contributed by atoms with van der Waals surface area (Å²) in [5.41, 5.74) is 2.24. The fraction of sp³-hybridized carbons (Fsp3) is 0.625. The SMILES string of the molecule is CCn1cc(CN2CCCCCC2c2cc(C)no2)cn1. The monoisotopic (exact) mass is 288 g/mol. The molecule has 3 rings (SSSR count). The zero-order chi connectivity index (χ0) is 14.7. The minimum atomic E-state index is 0.346. The molecule has 1 saturated heterocycles. The summed E-state index contributed by atoms with van der Waals surface area (Å²) in [4.78, 5) is 2.52. The summed E-state index contributed by atoms with van der Waals surface area (Å²) in [5.74, 6) is 1.01. The molecule has 0 aliphatic carbocycles. The highest BCUT2D eigenvalue weighted by Gasteiger charge is 2.26. The Morgan fingerprint density at radius 2 is 2.24 bits per heavy atom. The lowest BCUT2D eigenvalue weighted by Gasteiger charge is -2.27. The lowest BCUT2D eigenvalue weighted by molar-refractivity contribution is 0.160. The predicted octanol–water partition coefficient (Wildman–Crippen LogP) is 3.32. The molecule has 3 heterocycles. The molecule has 1 fully saturated rings. The van der Waals surface area contributed by atoms with E-state index in [1.54, 1.807) is 0 Å². The third-order valence-electron chi connectivity index (χ3n) is 4.23. The van der Waals surface area contributed by atoms with Crippen LogP contribution in [0.15, 0.2) is 23.0 Å². The standard InChI is InChI=1S/C16H24N4O/c1-3-20-12-14(10-17-20)11-19-8-6-4-5-7-15(19)16-9-13(2)18-21-16/h9-10,12,15H,3-8,11H2,1-2H3. The van der Waals surface area contributed by atoms with Gasteiger partial charge in [-0.05, 0) is 33.2 Å². The van der Waals surface area contributed by atoms with Gasteiger partial charge in [-0.25, -0.2) is 0 Å². The normalized spacial score (nSPS) is 20.6. The third-order valence-corrected chi connectivity index (χ3v) is 4.23. The Labute approximate surface area is 125 Å². The molecule has 1 aliphatic rings. The van der Waals surface area contributed by atoms with Crippen LogP contribution in [0.5, 0.6) is 0 Å². The average molecular weight is 288 g/mol. The van der Waals surface area contributed by atoms with Crippen molar-refractivity contribution in [2.45, 2.75) is 58.7 Å². The molecule has 0 radical (unpaired) electrons. The number of nitrogens with zero attached hydrogens (tertiary/aromatic N) is 4. The van der Waals surface area contributed by atoms with Gasteiger partial charge in [0.2, 0.25) is 0 Å². The van der Waals surface area contributed by atoms with E-state index in [1.165, 1.54) is 24.8 Å². The van der Waals surface area contributed by atoms with E-state index in [-0.39, 0.29) is 0 Å². The zero-order valence-electron chi connectivity index (χ0n) is 13.0. The van der Waals surface area contributed by atoms with Gasteiger partial charge in [0.25, 0.3) is 0 Å². The molecule has 5 heteroatoms. The number of rotatable bonds is 4. The van der Waals surface area contributed by atoms with Crippen LogP contribution in [0.4, 0.5) is 0 Å². The van der Waals surface area contributed by atoms with Gasteiger partial charge in [0.15, 0.2) is 5.76 Å². The number of likely N-dealkylation sites (tertiary alicyclic amines) is 1. The molecule has 0 aromatic carbocycles. The molecule has 21 heavy (non-hydrogen) atoms. The van der Waals surface area contributed by atoms with Crippen molar-refractivity contribution in [1.29, 1.82) is 0 Å². The fourth-order valence-electron chi connectivity index (χ4n) is 3.12. The summed E-state index contributed by atoms with van der Waals surface area (Å²) >= 11 is 0. The summed E-state index contributed by atoms with van der Waals surface area (Å²) in [6.07, 6.45) is 9.09. The van der Waals surface area contributed by atoms with E-state index in [4.69, 9.17) is 4.52 Å². The minimum Gasteiger partial charge on any atom is -0.359 e. The van der Waals surface area contributed by atoms with E-state index < -0.39 is 0 Å². The van der Waals surface area contributed by atoms with Crippen LogP contribution in [-0.2, 0) is 13.1 Å². The highest BCUT2D eigenvalue weighted by atomic mass is 16.5. The number of hydrogen-bond donors (Lipinski definition) is 0. The van der Waals surface area contributed by atoms with Crippen molar-refractivity contribution in [3.05, 3.63) is 35.5 Å². The Morgan fingerprint density at radius 1 is 1.33 bits per heavy atom. The van der Waals surface area contributed by atoms with Crippen molar-refractivity contribution in [3.8, 4) is 0 Å². The summed E-state index contributed by atoms with van der Waals surface area (Å²) in [7, 11) is 0.